The van der Waals surface area contributed by atoms with Crippen LogP contribution in [0.4, 0.5) is 11.5 Å². The number of nitrogens with zero attached hydrogens (tertiary/aromatic N) is 3. The molecule has 0 unspecified atom stereocenters. The topological polar surface area (TPSA) is 84.3 Å². The van der Waals surface area contributed by atoms with Crippen molar-refractivity contribution < 1.29 is 13.2 Å². The van der Waals surface area contributed by atoms with Crippen LogP contribution in [0.5, 0.6) is 0 Å². The van der Waals surface area contributed by atoms with Gasteiger partial charge in [0.05, 0.1) is 24.7 Å². The van der Waals surface area contributed by atoms with Crippen LogP contribution in [-0.4, -0.2) is 36.9 Å². The average molecular weight is 449 g/mol. The first-order chi connectivity index (χ1) is 15.3. The first-order valence-corrected chi connectivity index (χ1v) is 12.0. The molecule has 0 saturated carbocycles. The van der Waals surface area contributed by atoms with Crippen LogP contribution in [-0.2, 0) is 21.4 Å². The quantitative estimate of drug-likeness (QED) is 0.466. The van der Waals surface area contributed by atoms with Crippen molar-refractivity contribution >= 4 is 38.2 Å². The summed E-state index contributed by atoms with van der Waals surface area (Å²) in [5.41, 5.74) is 2.32. The highest BCUT2D eigenvalue weighted by Gasteiger charge is 2.22. The van der Waals surface area contributed by atoms with E-state index in [1.165, 1.54) is 0 Å². The zero-order valence-electron chi connectivity index (χ0n) is 17.9. The summed E-state index contributed by atoms with van der Waals surface area (Å²) in [5.74, 6) is 0.0551. The van der Waals surface area contributed by atoms with E-state index in [0.29, 0.717) is 18.1 Å². The van der Waals surface area contributed by atoms with Gasteiger partial charge in [-0.25, -0.2) is 13.1 Å². The second-order valence-corrected chi connectivity index (χ2v) is 9.52. The molecule has 164 valence electrons. The van der Waals surface area contributed by atoms with Gasteiger partial charge in [-0.2, -0.15) is 5.10 Å². The summed E-state index contributed by atoms with van der Waals surface area (Å²) in [6, 6.07) is 22.9. The Bertz CT molecular complexity index is 1370. The van der Waals surface area contributed by atoms with Gasteiger partial charge in [0.15, 0.2) is 0 Å². The lowest BCUT2D eigenvalue weighted by molar-refractivity contribution is -0.114. The van der Waals surface area contributed by atoms with E-state index in [1.807, 2.05) is 43.3 Å². The number of nitrogens with one attached hydrogen (secondary N) is 1. The largest absolute Gasteiger partial charge is 0.309 e. The van der Waals surface area contributed by atoms with Crippen LogP contribution in [0.3, 0.4) is 0 Å². The number of amides is 1. The third kappa shape index (κ3) is 4.65. The fraction of sp³-hybridized carbons (Fsp3) is 0.167. The minimum Gasteiger partial charge on any atom is -0.309 e. The number of sulfonamides is 1. The Hall–Kier alpha value is -3.65. The second kappa shape index (κ2) is 8.84. The van der Waals surface area contributed by atoms with E-state index in [2.05, 4.69) is 28.6 Å². The maximum Gasteiger partial charge on any atom is 0.246 e. The zero-order valence-corrected chi connectivity index (χ0v) is 18.7. The molecule has 4 rings (SSSR count). The van der Waals surface area contributed by atoms with Crippen LogP contribution in [0, 0.1) is 6.92 Å². The van der Waals surface area contributed by atoms with Gasteiger partial charge in [-0.15, -0.1) is 0 Å². The molecule has 1 aromatic heterocycles. The molecule has 1 heterocycles. The Labute approximate surface area is 187 Å². The molecule has 0 bridgehead atoms. The molecule has 1 amide bonds. The van der Waals surface area contributed by atoms with Crippen LogP contribution in [0.2, 0.25) is 0 Å². The lowest BCUT2D eigenvalue weighted by Crippen LogP contribution is -2.38. The minimum atomic E-state index is -3.65. The number of anilines is 2. The second-order valence-electron chi connectivity index (χ2n) is 7.62. The molecule has 8 heteroatoms. The monoisotopic (exact) mass is 448 g/mol. The van der Waals surface area contributed by atoms with Gasteiger partial charge in [0.25, 0.3) is 0 Å². The van der Waals surface area contributed by atoms with Gasteiger partial charge in [-0.1, -0.05) is 60.7 Å². The zero-order chi connectivity index (χ0) is 22.7. The van der Waals surface area contributed by atoms with E-state index in [1.54, 1.807) is 29.1 Å². The van der Waals surface area contributed by atoms with Crippen molar-refractivity contribution in [3.8, 4) is 0 Å². The van der Waals surface area contributed by atoms with E-state index in [0.717, 1.165) is 32.5 Å². The van der Waals surface area contributed by atoms with Crippen molar-refractivity contribution in [3.63, 3.8) is 0 Å². The highest BCUT2D eigenvalue weighted by Crippen LogP contribution is 2.23. The Morgan fingerprint density at radius 1 is 1.00 bits per heavy atom. The normalized spacial score (nSPS) is 11.4. The van der Waals surface area contributed by atoms with Crippen molar-refractivity contribution in [1.82, 2.24) is 9.78 Å². The summed E-state index contributed by atoms with van der Waals surface area (Å²) in [4.78, 5) is 12.8. The Balaban J connectivity index is 1.55. The van der Waals surface area contributed by atoms with E-state index < -0.39 is 15.9 Å². The third-order valence-corrected chi connectivity index (χ3v) is 6.38. The predicted octanol–water partition coefficient (Wildman–Crippen LogP) is 3.80. The van der Waals surface area contributed by atoms with E-state index in [-0.39, 0.29) is 6.54 Å². The summed E-state index contributed by atoms with van der Waals surface area (Å²) in [5, 5.41) is 9.39. The lowest BCUT2D eigenvalue weighted by atomic mass is 10.0. The van der Waals surface area contributed by atoms with Gasteiger partial charge < -0.3 is 5.32 Å². The predicted molar refractivity (Wildman–Crippen MR) is 127 cm³/mol. The molecule has 32 heavy (non-hydrogen) atoms. The molecule has 0 atom stereocenters. The summed E-state index contributed by atoms with van der Waals surface area (Å²) >= 11 is 0. The summed E-state index contributed by atoms with van der Waals surface area (Å²) < 4.78 is 27.6. The maximum atomic E-state index is 12.8. The first-order valence-electron chi connectivity index (χ1n) is 10.1. The SMILES string of the molecule is Cc1ccccc1N(CC(=O)Nc1ccnn1Cc1cccc2ccccc12)S(C)(=O)=O. The van der Waals surface area contributed by atoms with Gasteiger partial charge in [0.2, 0.25) is 15.9 Å². The summed E-state index contributed by atoms with van der Waals surface area (Å²) in [6.07, 6.45) is 2.70. The molecule has 0 aliphatic carbocycles. The van der Waals surface area contributed by atoms with Crippen LogP contribution >= 0.6 is 0 Å². The minimum absolute atomic E-state index is 0.330. The molecule has 0 aliphatic heterocycles. The van der Waals surface area contributed by atoms with Gasteiger partial charge in [0.1, 0.15) is 12.4 Å². The van der Waals surface area contributed by atoms with Crippen LogP contribution in [0.1, 0.15) is 11.1 Å². The van der Waals surface area contributed by atoms with Gasteiger partial charge >= 0.3 is 0 Å². The van der Waals surface area contributed by atoms with Crippen molar-refractivity contribution in [2.45, 2.75) is 13.5 Å². The molecule has 7 nitrogen and oxygen atoms in total. The number of carbonyl (C=O) groups is 1. The smallest absolute Gasteiger partial charge is 0.246 e. The molecule has 1 N–H and O–H groups in total. The molecule has 0 saturated heterocycles. The highest BCUT2D eigenvalue weighted by atomic mass is 32.2. The van der Waals surface area contributed by atoms with Gasteiger partial charge in [-0.3, -0.25) is 9.10 Å². The summed E-state index contributed by atoms with van der Waals surface area (Å²) in [6.45, 7) is 1.95. The average Bonchev–Trinajstić information content (AvgIpc) is 3.18. The number of fused-ring (bicyclic) bond motifs is 1. The number of aromatic nitrogens is 2. The molecular weight excluding hydrogens is 424 g/mol. The van der Waals surface area contributed by atoms with Crippen LogP contribution < -0.4 is 9.62 Å². The third-order valence-electron chi connectivity index (χ3n) is 5.26. The number of para-hydroxylation sites is 1. The molecule has 0 fully saturated rings. The Kier molecular flexibility index (Phi) is 5.96. The molecule has 0 radical (unpaired) electrons. The van der Waals surface area contributed by atoms with Crippen LogP contribution in [0.25, 0.3) is 10.8 Å². The maximum absolute atomic E-state index is 12.8. The van der Waals surface area contributed by atoms with E-state index in [4.69, 9.17) is 0 Å². The standard InChI is InChI=1S/C24H24N4O3S/c1-18-8-3-6-13-22(18)28(32(2,30)31)17-24(29)26-23-14-15-25-27(23)16-20-11-7-10-19-9-4-5-12-21(19)20/h3-15H,16-17H2,1-2H3,(H,26,29). The molecule has 0 spiro atoms. The lowest BCUT2D eigenvalue weighted by Gasteiger charge is -2.23. The molecule has 4 aromatic rings. The first kappa shape index (κ1) is 21.6. The Morgan fingerprint density at radius 3 is 2.50 bits per heavy atom. The van der Waals surface area contributed by atoms with Crippen molar-refractivity contribution in [3.05, 3.63) is 90.1 Å². The molecule has 0 aliphatic rings. The van der Waals surface area contributed by atoms with Crippen molar-refractivity contribution in [1.29, 1.82) is 0 Å². The number of carbonyl (C=O) groups excluding carboxylic acids is 1. The highest BCUT2D eigenvalue weighted by molar-refractivity contribution is 7.92. The molecule has 3 aromatic carbocycles. The van der Waals surface area contributed by atoms with Crippen LogP contribution in [0.15, 0.2) is 79.0 Å². The Morgan fingerprint density at radius 2 is 1.72 bits per heavy atom. The van der Waals surface area contributed by atoms with E-state index in [9.17, 15) is 13.2 Å². The number of hydrogen-bond acceptors (Lipinski definition) is 4. The van der Waals surface area contributed by atoms with Gasteiger partial charge in [0, 0.05) is 6.07 Å². The van der Waals surface area contributed by atoms with Gasteiger partial charge in [-0.05, 0) is 34.9 Å². The number of benzene rings is 3. The molecular formula is C24H24N4O3S. The number of aryl methyl sites for hydroxylation is 1. The number of rotatable bonds is 7. The summed E-state index contributed by atoms with van der Waals surface area (Å²) in [7, 11) is -3.65. The number of hydrogen-bond donors (Lipinski definition) is 1. The van der Waals surface area contributed by atoms with Crippen molar-refractivity contribution in [2.75, 3.05) is 22.4 Å². The fourth-order valence-electron chi connectivity index (χ4n) is 3.69. The fourth-order valence-corrected chi connectivity index (χ4v) is 4.61. The van der Waals surface area contributed by atoms with Crippen molar-refractivity contribution in [2.24, 2.45) is 0 Å². The van der Waals surface area contributed by atoms with E-state index >= 15 is 0 Å².